The Kier molecular flexibility index (Phi) is 8.12. The Bertz CT molecular complexity index is 328. The van der Waals surface area contributed by atoms with Gasteiger partial charge in [0.2, 0.25) is 0 Å². The Morgan fingerprint density at radius 3 is 2.43 bits per heavy atom. The second kappa shape index (κ2) is 9.60. The van der Waals surface area contributed by atoms with Crippen LogP contribution in [-0.4, -0.2) is 66.2 Å². The lowest BCUT2D eigenvalue weighted by atomic mass is 9.94. The van der Waals surface area contributed by atoms with E-state index in [1.165, 1.54) is 0 Å². The number of likely N-dealkylation sites (tertiary alicyclic amines) is 1. The third-order valence-electron chi connectivity index (χ3n) is 4.06. The summed E-state index contributed by atoms with van der Waals surface area (Å²) in [6.45, 7) is 9.23. The van der Waals surface area contributed by atoms with Gasteiger partial charge in [-0.3, -0.25) is 4.79 Å². The molecule has 0 saturated carbocycles. The molecule has 122 valence electrons. The molecule has 1 aliphatic rings. The van der Waals surface area contributed by atoms with Gasteiger partial charge in [0.1, 0.15) is 0 Å². The van der Waals surface area contributed by atoms with E-state index in [-0.39, 0.29) is 18.4 Å². The van der Waals surface area contributed by atoms with Crippen LogP contribution in [0.3, 0.4) is 0 Å². The molecule has 2 amide bonds. The highest BCUT2D eigenvalue weighted by atomic mass is 16.4. The highest BCUT2D eigenvalue weighted by Gasteiger charge is 2.24. The molecule has 21 heavy (non-hydrogen) atoms. The lowest BCUT2D eigenvalue weighted by molar-refractivity contribution is -0.138. The summed E-state index contributed by atoms with van der Waals surface area (Å²) in [6, 6.07) is -0.0173. The van der Waals surface area contributed by atoms with E-state index in [1.54, 1.807) is 4.90 Å². The van der Waals surface area contributed by atoms with Crippen molar-refractivity contribution in [3.8, 4) is 0 Å². The third kappa shape index (κ3) is 6.80. The fraction of sp³-hybridized carbons (Fsp3) is 0.867. The van der Waals surface area contributed by atoms with Crippen molar-refractivity contribution < 1.29 is 14.7 Å². The van der Waals surface area contributed by atoms with Gasteiger partial charge in [-0.15, -0.1) is 0 Å². The molecule has 0 atom stereocenters. The summed E-state index contributed by atoms with van der Waals surface area (Å²) in [7, 11) is 0. The Labute approximate surface area is 127 Å². The first-order valence-corrected chi connectivity index (χ1v) is 8.03. The van der Waals surface area contributed by atoms with Crippen molar-refractivity contribution in [2.45, 2.75) is 39.5 Å². The Morgan fingerprint density at radius 1 is 1.24 bits per heavy atom. The number of hydrogen-bond acceptors (Lipinski definition) is 3. The number of carbonyl (C=O) groups is 2. The van der Waals surface area contributed by atoms with Crippen molar-refractivity contribution >= 4 is 12.0 Å². The predicted molar refractivity (Wildman–Crippen MR) is 82.4 cm³/mol. The first kappa shape index (κ1) is 17.8. The van der Waals surface area contributed by atoms with Gasteiger partial charge in [-0.05, 0) is 38.3 Å². The molecule has 0 aromatic heterocycles. The maximum Gasteiger partial charge on any atom is 0.317 e. The maximum absolute atomic E-state index is 12.0. The van der Waals surface area contributed by atoms with E-state index in [1.807, 2.05) is 0 Å². The summed E-state index contributed by atoms with van der Waals surface area (Å²) in [6.07, 6.45) is 2.92. The first-order chi connectivity index (χ1) is 10.1. The van der Waals surface area contributed by atoms with Gasteiger partial charge in [-0.2, -0.15) is 0 Å². The van der Waals surface area contributed by atoms with Crippen molar-refractivity contribution in [1.29, 1.82) is 0 Å². The third-order valence-corrected chi connectivity index (χ3v) is 4.06. The molecule has 0 spiro atoms. The van der Waals surface area contributed by atoms with Gasteiger partial charge in [-0.25, -0.2) is 4.79 Å². The van der Waals surface area contributed by atoms with Gasteiger partial charge in [0.05, 0.1) is 0 Å². The fourth-order valence-electron chi connectivity index (χ4n) is 2.76. The van der Waals surface area contributed by atoms with Crippen LogP contribution in [0.15, 0.2) is 0 Å². The summed E-state index contributed by atoms with van der Waals surface area (Å²) < 4.78 is 0. The molecule has 6 nitrogen and oxygen atoms in total. The Balaban J connectivity index is 2.20. The van der Waals surface area contributed by atoms with Crippen LogP contribution in [0.25, 0.3) is 0 Å². The molecule has 1 heterocycles. The summed E-state index contributed by atoms with van der Waals surface area (Å²) >= 11 is 0. The van der Waals surface area contributed by atoms with Crippen molar-refractivity contribution in [3.63, 3.8) is 0 Å². The van der Waals surface area contributed by atoms with E-state index in [0.717, 1.165) is 38.9 Å². The lowest BCUT2D eigenvalue weighted by Crippen LogP contribution is -2.46. The van der Waals surface area contributed by atoms with E-state index in [4.69, 9.17) is 5.11 Å². The summed E-state index contributed by atoms with van der Waals surface area (Å²) in [5.41, 5.74) is 0. The van der Waals surface area contributed by atoms with Crippen LogP contribution in [0.4, 0.5) is 4.79 Å². The summed E-state index contributed by atoms with van der Waals surface area (Å²) in [4.78, 5) is 26.8. The van der Waals surface area contributed by atoms with Crippen molar-refractivity contribution in [1.82, 2.24) is 15.1 Å². The maximum atomic E-state index is 12.0. The number of aliphatic carboxylic acids is 1. The van der Waals surface area contributed by atoms with Gasteiger partial charge in [0.25, 0.3) is 0 Å². The zero-order valence-electron chi connectivity index (χ0n) is 13.3. The average molecular weight is 299 g/mol. The van der Waals surface area contributed by atoms with Gasteiger partial charge in [0.15, 0.2) is 0 Å². The molecular formula is C15H29N3O3. The number of rotatable bonds is 8. The number of carboxylic acids is 1. The minimum absolute atomic E-state index is 0.0173. The van der Waals surface area contributed by atoms with Crippen LogP contribution in [0.1, 0.15) is 39.5 Å². The number of hydrogen-bond donors (Lipinski definition) is 2. The van der Waals surface area contributed by atoms with E-state index in [2.05, 4.69) is 24.1 Å². The fourth-order valence-corrected chi connectivity index (χ4v) is 2.76. The zero-order chi connectivity index (χ0) is 15.7. The number of piperidine rings is 1. The molecule has 0 aromatic rings. The zero-order valence-corrected chi connectivity index (χ0v) is 13.3. The lowest BCUT2D eigenvalue weighted by Gasteiger charge is -2.31. The Hall–Kier alpha value is -1.30. The molecule has 1 aliphatic heterocycles. The smallest absolute Gasteiger partial charge is 0.317 e. The summed E-state index contributed by atoms with van der Waals surface area (Å²) in [5, 5.41) is 11.7. The van der Waals surface area contributed by atoms with E-state index in [0.29, 0.717) is 19.6 Å². The normalized spacial score (nSPS) is 16.2. The second-order valence-corrected chi connectivity index (χ2v) is 5.69. The Morgan fingerprint density at radius 2 is 1.90 bits per heavy atom. The molecule has 0 aliphatic carbocycles. The van der Waals surface area contributed by atoms with Crippen LogP contribution in [0.5, 0.6) is 0 Å². The van der Waals surface area contributed by atoms with Gasteiger partial charge in [0, 0.05) is 32.6 Å². The highest BCUT2D eigenvalue weighted by Crippen LogP contribution is 2.20. The van der Waals surface area contributed by atoms with Crippen LogP contribution < -0.4 is 5.32 Å². The number of nitrogens with one attached hydrogen (secondary N) is 1. The molecule has 2 N–H and O–H groups in total. The van der Waals surface area contributed by atoms with Crippen LogP contribution >= 0.6 is 0 Å². The quantitative estimate of drug-likeness (QED) is 0.714. The van der Waals surface area contributed by atoms with Crippen molar-refractivity contribution in [2.24, 2.45) is 5.92 Å². The molecule has 1 rings (SSSR count). The number of likely N-dealkylation sites (N-methyl/N-ethyl adjacent to an activating group) is 1. The van der Waals surface area contributed by atoms with Crippen molar-refractivity contribution in [3.05, 3.63) is 0 Å². The number of amides is 2. The van der Waals surface area contributed by atoms with E-state index >= 15 is 0 Å². The van der Waals surface area contributed by atoms with Crippen LogP contribution in [-0.2, 0) is 4.79 Å². The molecule has 1 saturated heterocycles. The molecule has 0 bridgehead atoms. The van der Waals surface area contributed by atoms with Gasteiger partial charge < -0.3 is 20.2 Å². The molecule has 0 radical (unpaired) electrons. The SMILES string of the molecule is CCCN(CC)CCNC(=O)N1CCC(CC(=O)O)CC1. The summed E-state index contributed by atoms with van der Waals surface area (Å²) in [5.74, 6) is -0.528. The van der Waals surface area contributed by atoms with Crippen LogP contribution in [0.2, 0.25) is 0 Å². The second-order valence-electron chi connectivity index (χ2n) is 5.69. The average Bonchev–Trinajstić information content (AvgIpc) is 2.46. The minimum Gasteiger partial charge on any atom is -0.481 e. The number of carboxylic acid groups (broad SMARTS) is 1. The number of urea groups is 1. The van der Waals surface area contributed by atoms with Gasteiger partial charge >= 0.3 is 12.0 Å². The van der Waals surface area contributed by atoms with Crippen LogP contribution in [0, 0.1) is 5.92 Å². The molecule has 1 fully saturated rings. The first-order valence-electron chi connectivity index (χ1n) is 8.03. The van der Waals surface area contributed by atoms with Crippen molar-refractivity contribution in [2.75, 3.05) is 39.3 Å². The van der Waals surface area contributed by atoms with E-state index < -0.39 is 5.97 Å². The number of nitrogens with zero attached hydrogens (tertiary/aromatic N) is 2. The monoisotopic (exact) mass is 299 g/mol. The number of carbonyl (C=O) groups excluding carboxylic acids is 1. The largest absolute Gasteiger partial charge is 0.481 e. The van der Waals surface area contributed by atoms with Gasteiger partial charge in [-0.1, -0.05) is 13.8 Å². The minimum atomic E-state index is -0.742. The molecular weight excluding hydrogens is 270 g/mol. The molecule has 0 aromatic carbocycles. The standard InChI is InChI=1S/C15H29N3O3/c1-3-8-17(4-2)11-7-16-15(21)18-9-5-13(6-10-18)12-14(19)20/h13H,3-12H2,1-2H3,(H,16,21)(H,19,20). The van der Waals surface area contributed by atoms with E-state index in [9.17, 15) is 9.59 Å². The topological polar surface area (TPSA) is 72.9 Å². The predicted octanol–water partition coefficient (Wildman–Crippen LogP) is 1.61. The highest BCUT2D eigenvalue weighted by molar-refractivity contribution is 5.74. The molecule has 0 unspecified atom stereocenters. The molecule has 6 heteroatoms.